The van der Waals surface area contributed by atoms with E-state index < -0.39 is 0 Å². The summed E-state index contributed by atoms with van der Waals surface area (Å²) in [4.78, 5) is 13.1. The number of halogens is 1. The minimum atomic E-state index is 0.0632. The van der Waals surface area contributed by atoms with Crippen molar-refractivity contribution in [3.63, 3.8) is 0 Å². The molecule has 0 unspecified atom stereocenters. The van der Waals surface area contributed by atoms with Gasteiger partial charge in [-0.25, -0.2) is 0 Å². The Bertz CT molecular complexity index is 631. The number of hydrogen-bond donors (Lipinski definition) is 2. The zero-order valence-corrected chi connectivity index (χ0v) is 15.3. The van der Waals surface area contributed by atoms with Crippen LogP contribution in [-0.2, 0) is 11.2 Å². The van der Waals surface area contributed by atoms with Gasteiger partial charge in [0.25, 0.3) is 0 Å². The van der Waals surface area contributed by atoms with Crippen LogP contribution < -0.4 is 11.1 Å². The molecule has 2 aromatic carbocycles. The molecule has 3 N–H and O–H groups in total. The molecule has 0 aromatic heterocycles. The second-order valence-corrected chi connectivity index (χ2v) is 7.25. The summed E-state index contributed by atoms with van der Waals surface area (Å²) in [6, 6.07) is 15.7. The summed E-state index contributed by atoms with van der Waals surface area (Å²) in [7, 11) is 0. The lowest BCUT2D eigenvalue weighted by atomic mass is 10.1. The van der Waals surface area contributed by atoms with Crippen molar-refractivity contribution in [2.45, 2.75) is 24.2 Å². The Labute approximate surface area is 150 Å². The van der Waals surface area contributed by atoms with E-state index in [4.69, 9.17) is 5.73 Å². The first-order valence-corrected chi connectivity index (χ1v) is 9.41. The van der Waals surface area contributed by atoms with Crippen LogP contribution in [-0.4, -0.2) is 18.2 Å². The zero-order valence-electron chi connectivity index (χ0n) is 12.9. The van der Waals surface area contributed by atoms with Gasteiger partial charge in [0, 0.05) is 21.6 Å². The number of rotatable bonds is 8. The smallest absolute Gasteiger partial charge is 0.224 e. The molecular formula is C18H21BrN2OS. The predicted octanol–water partition coefficient (Wildman–Crippen LogP) is 4.26. The van der Waals surface area contributed by atoms with Gasteiger partial charge in [0.2, 0.25) is 5.91 Å². The molecule has 0 spiro atoms. The topological polar surface area (TPSA) is 55.1 Å². The van der Waals surface area contributed by atoms with Crippen LogP contribution >= 0.6 is 27.7 Å². The van der Waals surface area contributed by atoms with Gasteiger partial charge in [-0.2, -0.15) is 0 Å². The lowest BCUT2D eigenvalue weighted by Crippen LogP contribution is -2.26. The van der Waals surface area contributed by atoms with Gasteiger partial charge in [0.15, 0.2) is 0 Å². The number of carbonyl (C=O) groups excluding carboxylic acids is 1. The van der Waals surface area contributed by atoms with E-state index in [0.717, 1.165) is 40.9 Å². The van der Waals surface area contributed by atoms with E-state index in [-0.39, 0.29) is 5.91 Å². The third-order valence-electron chi connectivity index (χ3n) is 3.33. The first kappa shape index (κ1) is 17.9. The minimum Gasteiger partial charge on any atom is -0.399 e. The highest BCUT2D eigenvalue weighted by Gasteiger charge is 2.03. The van der Waals surface area contributed by atoms with Crippen molar-refractivity contribution in [2.24, 2.45) is 0 Å². The maximum Gasteiger partial charge on any atom is 0.224 e. The van der Waals surface area contributed by atoms with E-state index in [1.165, 1.54) is 4.90 Å². The van der Waals surface area contributed by atoms with Gasteiger partial charge in [0.1, 0.15) is 0 Å². The van der Waals surface area contributed by atoms with Crippen molar-refractivity contribution < 1.29 is 4.79 Å². The van der Waals surface area contributed by atoms with E-state index in [9.17, 15) is 4.79 Å². The van der Waals surface area contributed by atoms with Gasteiger partial charge in [-0.15, -0.1) is 11.8 Å². The third kappa shape index (κ3) is 6.67. The molecule has 0 atom stereocenters. The second kappa shape index (κ2) is 9.63. The van der Waals surface area contributed by atoms with Gasteiger partial charge < -0.3 is 11.1 Å². The number of nitrogens with two attached hydrogens (primary N) is 1. The van der Waals surface area contributed by atoms with Crippen LogP contribution in [0, 0.1) is 0 Å². The average molecular weight is 393 g/mol. The van der Waals surface area contributed by atoms with E-state index in [1.54, 1.807) is 0 Å². The van der Waals surface area contributed by atoms with Crippen molar-refractivity contribution in [3.8, 4) is 0 Å². The number of thioether (sulfide) groups is 1. The number of hydrogen-bond acceptors (Lipinski definition) is 3. The maximum atomic E-state index is 11.8. The molecule has 0 aliphatic heterocycles. The standard InChI is InChI=1S/C18H21BrN2OS/c19-16-5-1-2-6-17(16)23-12-4-3-11-21-18(22)13-14-7-9-15(20)10-8-14/h1-2,5-10H,3-4,11-13,20H2,(H,21,22). The molecule has 3 nitrogen and oxygen atoms in total. The first-order chi connectivity index (χ1) is 11.1. The molecule has 0 saturated heterocycles. The van der Waals surface area contributed by atoms with Crippen LogP contribution in [0.2, 0.25) is 0 Å². The SMILES string of the molecule is Nc1ccc(CC(=O)NCCCCSc2ccccc2Br)cc1. The number of unbranched alkanes of at least 4 members (excludes halogenated alkanes) is 1. The summed E-state index contributed by atoms with van der Waals surface area (Å²) < 4.78 is 1.14. The van der Waals surface area contributed by atoms with Gasteiger partial charge in [-0.3, -0.25) is 4.79 Å². The molecule has 0 aliphatic carbocycles. The van der Waals surface area contributed by atoms with Crippen molar-refractivity contribution >= 4 is 39.3 Å². The molecule has 2 rings (SSSR count). The third-order valence-corrected chi connectivity index (χ3v) is 5.45. The van der Waals surface area contributed by atoms with Crippen LogP contribution in [0.15, 0.2) is 57.9 Å². The van der Waals surface area contributed by atoms with Crippen LogP contribution in [0.3, 0.4) is 0 Å². The Hall–Kier alpha value is -1.46. The van der Waals surface area contributed by atoms with Crippen LogP contribution in [0.5, 0.6) is 0 Å². The quantitative estimate of drug-likeness (QED) is 0.400. The highest BCUT2D eigenvalue weighted by Crippen LogP contribution is 2.27. The van der Waals surface area contributed by atoms with Crippen LogP contribution in [0.4, 0.5) is 5.69 Å². The normalized spacial score (nSPS) is 10.5. The van der Waals surface area contributed by atoms with Gasteiger partial charge in [-0.05, 0) is 64.4 Å². The highest BCUT2D eigenvalue weighted by atomic mass is 79.9. The van der Waals surface area contributed by atoms with Gasteiger partial charge in [0.05, 0.1) is 6.42 Å². The van der Waals surface area contributed by atoms with Crippen LogP contribution in [0.25, 0.3) is 0 Å². The lowest BCUT2D eigenvalue weighted by molar-refractivity contribution is -0.120. The molecule has 5 heteroatoms. The Morgan fingerprint density at radius 3 is 2.57 bits per heavy atom. The summed E-state index contributed by atoms with van der Waals surface area (Å²) >= 11 is 5.39. The Balaban J connectivity index is 1.57. The summed E-state index contributed by atoms with van der Waals surface area (Å²) in [6.45, 7) is 0.727. The molecular weight excluding hydrogens is 372 g/mol. The Morgan fingerprint density at radius 1 is 1.09 bits per heavy atom. The summed E-state index contributed by atoms with van der Waals surface area (Å²) in [5.74, 6) is 1.12. The fraction of sp³-hybridized carbons (Fsp3) is 0.278. The number of anilines is 1. The van der Waals surface area contributed by atoms with Crippen molar-refractivity contribution in [1.82, 2.24) is 5.32 Å². The monoisotopic (exact) mass is 392 g/mol. The number of nitrogen functional groups attached to an aromatic ring is 1. The van der Waals surface area contributed by atoms with Crippen molar-refractivity contribution in [3.05, 3.63) is 58.6 Å². The number of nitrogens with one attached hydrogen (secondary N) is 1. The molecule has 0 aliphatic rings. The largest absolute Gasteiger partial charge is 0.399 e. The molecule has 0 heterocycles. The molecule has 0 bridgehead atoms. The first-order valence-electron chi connectivity index (χ1n) is 7.63. The number of benzene rings is 2. The van der Waals surface area contributed by atoms with E-state index in [2.05, 4.69) is 33.4 Å². The number of carbonyl (C=O) groups is 1. The number of amides is 1. The zero-order chi connectivity index (χ0) is 16.5. The second-order valence-electron chi connectivity index (χ2n) is 5.25. The highest BCUT2D eigenvalue weighted by molar-refractivity contribution is 9.10. The molecule has 1 amide bonds. The Morgan fingerprint density at radius 2 is 1.83 bits per heavy atom. The van der Waals surface area contributed by atoms with Gasteiger partial charge >= 0.3 is 0 Å². The van der Waals surface area contributed by atoms with Gasteiger partial charge in [-0.1, -0.05) is 24.3 Å². The Kier molecular flexibility index (Phi) is 7.49. The lowest BCUT2D eigenvalue weighted by Gasteiger charge is -2.06. The summed E-state index contributed by atoms with van der Waals surface area (Å²) in [5, 5.41) is 2.97. The fourth-order valence-corrected chi connectivity index (χ4v) is 3.66. The summed E-state index contributed by atoms with van der Waals surface area (Å²) in [6.07, 6.45) is 2.48. The van der Waals surface area contributed by atoms with Crippen molar-refractivity contribution in [2.75, 3.05) is 18.0 Å². The molecule has 0 saturated carbocycles. The minimum absolute atomic E-state index is 0.0632. The molecule has 122 valence electrons. The van der Waals surface area contributed by atoms with E-state index >= 15 is 0 Å². The predicted molar refractivity (Wildman–Crippen MR) is 102 cm³/mol. The summed E-state index contributed by atoms with van der Waals surface area (Å²) in [5.41, 5.74) is 7.34. The van der Waals surface area contributed by atoms with Crippen molar-refractivity contribution in [1.29, 1.82) is 0 Å². The maximum absolute atomic E-state index is 11.8. The van der Waals surface area contributed by atoms with E-state index in [1.807, 2.05) is 48.2 Å². The average Bonchev–Trinajstić information content (AvgIpc) is 2.54. The molecule has 2 aromatic rings. The molecule has 0 radical (unpaired) electrons. The fourth-order valence-electron chi connectivity index (χ4n) is 2.08. The molecule has 0 fully saturated rings. The van der Waals surface area contributed by atoms with E-state index in [0.29, 0.717) is 6.42 Å². The molecule has 23 heavy (non-hydrogen) atoms. The van der Waals surface area contributed by atoms with Crippen LogP contribution in [0.1, 0.15) is 18.4 Å².